The van der Waals surface area contributed by atoms with Gasteiger partial charge in [0.15, 0.2) is 0 Å². The van der Waals surface area contributed by atoms with Gasteiger partial charge in [0.2, 0.25) is 0 Å². The van der Waals surface area contributed by atoms with E-state index >= 15 is 0 Å². The van der Waals surface area contributed by atoms with Crippen molar-refractivity contribution in [3.05, 3.63) is 36.0 Å². The minimum absolute atomic E-state index is 0.411. The maximum Gasteiger partial charge on any atom is 0.0457 e. The molecule has 0 saturated heterocycles. The minimum atomic E-state index is 0.411. The number of rotatable bonds is 5. The van der Waals surface area contributed by atoms with Crippen LogP contribution in [0, 0.1) is 12.3 Å². The van der Waals surface area contributed by atoms with Gasteiger partial charge in [0.1, 0.15) is 0 Å². The maximum atomic E-state index is 5.35. The van der Waals surface area contributed by atoms with Crippen molar-refractivity contribution in [2.24, 2.45) is 0 Å². The van der Waals surface area contributed by atoms with E-state index in [2.05, 4.69) is 47.4 Å². The summed E-state index contributed by atoms with van der Waals surface area (Å²) in [6.07, 6.45) is 9.19. The highest BCUT2D eigenvalue weighted by Crippen LogP contribution is 2.17. The number of hydrogen-bond donors (Lipinski definition) is 2. The standard InChI is InChI=1S/C15H18N2/c1-3-6-13(4-2)17-11-12-7-5-8-15-14(12)9-10-16-15/h1,5,7-10,13,16-17H,4,6,11H2,2H3. The maximum absolute atomic E-state index is 5.35. The topological polar surface area (TPSA) is 27.8 Å². The summed E-state index contributed by atoms with van der Waals surface area (Å²) in [6, 6.07) is 8.87. The molecule has 0 bridgehead atoms. The zero-order chi connectivity index (χ0) is 12.1. The summed E-state index contributed by atoms with van der Waals surface area (Å²) in [6.45, 7) is 3.03. The van der Waals surface area contributed by atoms with Crippen molar-refractivity contribution < 1.29 is 0 Å². The second kappa shape index (κ2) is 5.56. The van der Waals surface area contributed by atoms with Gasteiger partial charge in [-0.15, -0.1) is 12.3 Å². The van der Waals surface area contributed by atoms with E-state index in [1.165, 1.54) is 16.5 Å². The molecule has 0 amide bonds. The molecule has 2 heteroatoms. The smallest absolute Gasteiger partial charge is 0.0457 e. The van der Waals surface area contributed by atoms with E-state index in [9.17, 15) is 0 Å². The molecule has 2 rings (SSSR count). The molecule has 2 N–H and O–H groups in total. The largest absolute Gasteiger partial charge is 0.361 e. The van der Waals surface area contributed by atoms with Crippen LogP contribution in [0.1, 0.15) is 25.3 Å². The van der Waals surface area contributed by atoms with Crippen LogP contribution in [0.4, 0.5) is 0 Å². The molecule has 0 aliphatic rings. The molecular formula is C15H18N2. The fourth-order valence-electron chi connectivity index (χ4n) is 2.06. The molecule has 0 radical (unpaired) electrons. The second-order valence-corrected chi connectivity index (χ2v) is 4.25. The zero-order valence-corrected chi connectivity index (χ0v) is 10.2. The van der Waals surface area contributed by atoms with Crippen LogP contribution in [0.2, 0.25) is 0 Å². The lowest BCUT2D eigenvalue weighted by atomic mass is 10.1. The third-order valence-electron chi connectivity index (χ3n) is 3.12. The number of aromatic amines is 1. The van der Waals surface area contributed by atoms with Crippen molar-refractivity contribution in [1.82, 2.24) is 10.3 Å². The minimum Gasteiger partial charge on any atom is -0.361 e. The van der Waals surface area contributed by atoms with Gasteiger partial charge in [0.25, 0.3) is 0 Å². The van der Waals surface area contributed by atoms with Gasteiger partial charge in [-0.25, -0.2) is 0 Å². The Kier molecular flexibility index (Phi) is 3.85. The van der Waals surface area contributed by atoms with Gasteiger partial charge in [-0.2, -0.15) is 0 Å². The van der Waals surface area contributed by atoms with Gasteiger partial charge in [-0.05, 0) is 24.1 Å². The lowest BCUT2D eigenvalue weighted by Gasteiger charge is -2.14. The normalized spacial score (nSPS) is 12.5. The van der Waals surface area contributed by atoms with Crippen LogP contribution < -0.4 is 5.32 Å². The fraction of sp³-hybridized carbons (Fsp3) is 0.333. The van der Waals surface area contributed by atoms with Gasteiger partial charge in [-0.1, -0.05) is 19.1 Å². The summed E-state index contributed by atoms with van der Waals surface area (Å²) in [4.78, 5) is 3.23. The van der Waals surface area contributed by atoms with Crippen LogP contribution in [-0.2, 0) is 6.54 Å². The van der Waals surface area contributed by atoms with Gasteiger partial charge in [-0.3, -0.25) is 0 Å². The quantitative estimate of drug-likeness (QED) is 0.753. The molecule has 88 valence electrons. The van der Waals surface area contributed by atoms with Crippen molar-refractivity contribution in [2.45, 2.75) is 32.4 Å². The molecule has 2 aromatic rings. The predicted octanol–water partition coefficient (Wildman–Crippen LogP) is 3.06. The molecule has 0 saturated carbocycles. The molecule has 2 nitrogen and oxygen atoms in total. The molecular weight excluding hydrogens is 208 g/mol. The number of terminal acetylenes is 1. The number of benzene rings is 1. The Morgan fingerprint density at radius 2 is 2.29 bits per heavy atom. The number of nitrogens with one attached hydrogen (secondary N) is 2. The molecule has 0 fully saturated rings. The van der Waals surface area contributed by atoms with E-state index in [-0.39, 0.29) is 0 Å². The number of hydrogen-bond acceptors (Lipinski definition) is 1. The van der Waals surface area contributed by atoms with E-state index in [0.717, 1.165) is 19.4 Å². The Bertz CT molecular complexity index is 519. The first-order valence-electron chi connectivity index (χ1n) is 6.07. The molecule has 17 heavy (non-hydrogen) atoms. The molecule has 1 unspecified atom stereocenters. The Hall–Kier alpha value is -1.72. The third kappa shape index (κ3) is 2.69. The summed E-state index contributed by atoms with van der Waals surface area (Å²) < 4.78 is 0. The molecule has 1 atom stereocenters. The Morgan fingerprint density at radius 1 is 1.41 bits per heavy atom. The van der Waals surface area contributed by atoms with Gasteiger partial charge in [0.05, 0.1) is 0 Å². The third-order valence-corrected chi connectivity index (χ3v) is 3.12. The number of aromatic nitrogens is 1. The fourth-order valence-corrected chi connectivity index (χ4v) is 2.06. The van der Waals surface area contributed by atoms with E-state index in [1.54, 1.807) is 0 Å². The molecule has 0 spiro atoms. The monoisotopic (exact) mass is 226 g/mol. The van der Waals surface area contributed by atoms with Crippen LogP contribution in [0.25, 0.3) is 10.9 Å². The van der Waals surface area contributed by atoms with Crippen molar-refractivity contribution in [1.29, 1.82) is 0 Å². The molecule has 1 aromatic carbocycles. The van der Waals surface area contributed by atoms with Crippen LogP contribution in [0.5, 0.6) is 0 Å². The van der Waals surface area contributed by atoms with Gasteiger partial charge < -0.3 is 10.3 Å². The van der Waals surface area contributed by atoms with E-state index in [1.807, 2.05) is 6.20 Å². The van der Waals surface area contributed by atoms with Crippen LogP contribution in [-0.4, -0.2) is 11.0 Å². The lowest BCUT2D eigenvalue weighted by Crippen LogP contribution is -2.27. The summed E-state index contributed by atoms with van der Waals surface area (Å²) in [7, 11) is 0. The van der Waals surface area contributed by atoms with Crippen molar-refractivity contribution in [3.8, 4) is 12.3 Å². The van der Waals surface area contributed by atoms with E-state index < -0.39 is 0 Å². The van der Waals surface area contributed by atoms with Crippen molar-refractivity contribution >= 4 is 10.9 Å². The second-order valence-electron chi connectivity index (χ2n) is 4.25. The van der Waals surface area contributed by atoms with E-state index in [0.29, 0.717) is 6.04 Å². The highest BCUT2D eigenvalue weighted by Gasteiger charge is 2.05. The lowest BCUT2D eigenvalue weighted by molar-refractivity contribution is 0.508. The Labute approximate surface area is 102 Å². The molecule has 0 aliphatic carbocycles. The molecule has 1 heterocycles. The van der Waals surface area contributed by atoms with Gasteiger partial charge >= 0.3 is 0 Å². The number of H-pyrrole nitrogens is 1. The van der Waals surface area contributed by atoms with Crippen LogP contribution in [0.15, 0.2) is 30.5 Å². The van der Waals surface area contributed by atoms with Crippen molar-refractivity contribution in [3.63, 3.8) is 0 Å². The molecule has 1 aromatic heterocycles. The Balaban J connectivity index is 2.08. The first-order chi connectivity index (χ1) is 8.35. The summed E-state index contributed by atoms with van der Waals surface area (Å²) in [5.41, 5.74) is 2.51. The van der Waals surface area contributed by atoms with Crippen molar-refractivity contribution in [2.75, 3.05) is 0 Å². The first-order valence-corrected chi connectivity index (χ1v) is 6.07. The van der Waals surface area contributed by atoms with E-state index in [4.69, 9.17) is 6.42 Å². The van der Waals surface area contributed by atoms with Crippen LogP contribution in [0.3, 0.4) is 0 Å². The SMILES string of the molecule is C#CCC(CC)NCc1cccc2[nH]ccc12. The van der Waals surface area contributed by atoms with Gasteiger partial charge in [0, 0.05) is 36.1 Å². The zero-order valence-electron chi connectivity index (χ0n) is 10.2. The summed E-state index contributed by atoms with van der Waals surface area (Å²) in [5, 5.41) is 4.80. The summed E-state index contributed by atoms with van der Waals surface area (Å²) in [5.74, 6) is 2.72. The average Bonchev–Trinajstić information content (AvgIpc) is 2.83. The Morgan fingerprint density at radius 3 is 3.06 bits per heavy atom. The predicted molar refractivity (Wildman–Crippen MR) is 72.7 cm³/mol. The summed E-state index contributed by atoms with van der Waals surface area (Å²) >= 11 is 0. The van der Waals surface area contributed by atoms with Crippen LogP contribution >= 0.6 is 0 Å². The first kappa shape index (κ1) is 11.8. The number of fused-ring (bicyclic) bond motifs is 1. The average molecular weight is 226 g/mol. The molecule has 0 aliphatic heterocycles. The highest BCUT2D eigenvalue weighted by molar-refractivity contribution is 5.82. The highest BCUT2D eigenvalue weighted by atomic mass is 14.9.